The summed E-state index contributed by atoms with van der Waals surface area (Å²) < 4.78 is 17.5. The molecule has 2 saturated heterocycles. The molecule has 7 aliphatic carbocycles. The van der Waals surface area contributed by atoms with Crippen LogP contribution < -0.4 is 30.0 Å². The summed E-state index contributed by atoms with van der Waals surface area (Å²) >= 11 is 0. The second-order valence-corrected chi connectivity index (χ2v) is 21.4. The van der Waals surface area contributed by atoms with Crippen LogP contribution in [0.5, 0.6) is 0 Å². The molecule has 8 unspecified atom stereocenters. The van der Waals surface area contributed by atoms with Crippen LogP contribution in [0.3, 0.4) is 0 Å². The van der Waals surface area contributed by atoms with Crippen LogP contribution in [0.1, 0.15) is 62.5 Å². The number of nitrogens with one attached hydrogen (secondary N) is 1. The number of anilines is 8. The molecule has 4 bridgehead atoms. The van der Waals surface area contributed by atoms with E-state index in [0.717, 1.165) is 128 Å². The summed E-state index contributed by atoms with van der Waals surface area (Å²) in [5.74, 6) is 3.69. The number of carbonyl (C=O) groups excluding carboxylic acids is 2. The number of pyridine rings is 2. The Bertz CT molecular complexity index is 2650. The number of amides is 2. The van der Waals surface area contributed by atoms with Gasteiger partial charge < -0.3 is 39.1 Å². The van der Waals surface area contributed by atoms with E-state index >= 15 is 9.59 Å². The number of methoxy groups -OCH3 is 1. The predicted molar refractivity (Wildman–Crippen MR) is 254 cm³/mol. The summed E-state index contributed by atoms with van der Waals surface area (Å²) in [6.07, 6.45) is 11.6. The van der Waals surface area contributed by atoms with Gasteiger partial charge in [0.05, 0.1) is 79.9 Å². The van der Waals surface area contributed by atoms with Crippen molar-refractivity contribution in [1.82, 2.24) is 9.97 Å². The van der Waals surface area contributed by atoms with E-state index in [9.17, 15) is 0 Å². The molecule has 7 saturated carbocycles. The summed E-state index contributed by atoms with van der Waals surface area (Å²) in [5, 5.41) is 5.56. The van der Waals surface area contributed by atoms with Crippen molar-refractivity contribution in [3.63, 3.8) is 0 Å². The van der Waals surface area contributed by atoms with Crippen molar-refractivity contribution in [2.45, 2.75) is 76.7 Å². The van der Waals surface area contributed by atoms with Crippen molar-refractivity contribution in [2.75, 3.05) is 89.7 Å². The highest BCUT2D eigenvalue weighted by Crippen LogP contribution is 2.87. The molecular formula is C53H60N8O6. The standard InChI is InChI=1S/C53H60N8O6/c1-64-47-40-22-32-27-52(29-41(47)53(40,52)28-32)51(63)60-31-36-5-3-13-55-49(36)61(43-11-9-38(26-45(43)60)58-16-20-66-21-17-58)67-46-24-33-6-7-34(46)23-39(33)50(62)59-30-35-4-2-12-54-48(35)56-42-10-8-37(25-44(42)59)57-14-18-65-19-15-57/h2-5,8-13,25-26,32-34,39-41,46-47H,6-7,14-24,27-31H2,1H3,(H,54,56)/t32?,33?,34?,39?,40?,41?,46?,47-,52+,53?/m0/s1. The van der Waals surface area contributed by atoms with E-state index in [0.29, 0.717) is 57.3 Å². The van der Waals surface area contributed by atoms with Crippen LogP contribution >= 0.6 is 0 Å². The fourth-order valence-electron chi connectivity index (χ4n) is 15.7. The van der Waals surface area contributed by atoms with E-state index in [-0.39, 0.29) is 52.6 Å². The molecule has 14 nitrogen and oxygen atoms in total. The number of nitrogens with zero attached hydrogens (tertiary/aromatic N) is 7. The Labute approximate surface area is 391 Å². The molecule has 4 aromatic rings. The zero-order valence-electron chi connectivity index (χ0n) is 38.4. The molecule has 2 aromatic heterocycles. The minimum Gasteiger partial charge on any atom is -0.381 e. The van der Waals surface area contributed by atoms with Gasteiger partial charge in [-0.15, -0.1) is 0 Å². The number of morpholine rings is 2. The Morgan fingerprint density at radius 2 is 1.45 bits per heavy atom. The second kappa shape index (κ2) is 15.4. The lowest BCUT2D eigenvalue weighted by molar-refractivity contribution is -0.301. The molecule has 1 N–H and O–H groups in total. The molecule has 0 radical (unpaired) electrons. The quantitative estimate of drug-likeness (QED) is 0.196. The lowest BCUT2D eigenvalue weighted by Gasteiger charge is -2.74. The first-order valence-electron chi connectivity index (χ1n) is 25.1. The molecule has 1 spiro atoms. The van der Waals surface area contributed by atoms with Gasteiger partial charge in [0.2, 0.25) is 11.8 Å². The van der Waals surface area contributed by atoms with E-state index in [2.05, 4.69) is 68.5 Å². The first kappa shape index (κ1) is 40.8. The summed E-state index contributed by atoms with van der Waals surface area (Å²) in [6.45, 7) is 6.85. The lowest BCUT2D eigenvalue weighted by atomic mass is 9.30. The van der Waals surface area contributed by atoms with Gasteiger partial charge in [-0.2, -0.15) is 0 Å². The van der Waals surface area contributed by atoms with Crippen molar-refractivity contribution < 1.29 is 28.6 Å². The van der Waals surface area contributed by atoms with E-state index in [4.69, 9.17) is 29.0 Å². The zero-order chi connectivity index (χ0) is 44.6. The Balaban J connectivity index is 0.785. The number of hydrogen-bond donors (Lipinski definition) is 1. The molecule has 10 atom stereocenters. The predicted octanol–water partition coefficient (Wildman–Crippen LogP) is 7.61. The molecule has 2 aromatic carbocycles. The molecule has 15 rings (SSSR count). The highest BCUT2D eigenvalue weighted by molar-refractivity contribution is 6.04. The average Bonchev–Trinajstić information content (AvgIpc) is 3.77. The largest absolute Gasteiger partial charge is 0.381 e. The number of hydrogen-bond acceptors (Lipinski definition) is 12. The number of aromatic nitrogens is 2. The van der Waals surface area contributed by atoms with Crippen molar-refractivity contribution in [3.05, 3.63) is 84.2 Å². The topological polar surface area (TPSA) is 125 Å². The summed E-state index contributed by atoms with van der Waals surface area (Å²) in [5.41, 5.74) is 7.39. The third-order valence-electron chi connectivity index (χ3n) is 18.6. The normalized spacial score (nSPS) is 34.1. The first-order chi connectivity index (χ1) is 32.9. The molecule has 11 aliphatic rings. The van der Waals surface area contributed by atoms with E-state index in [1.165, 1.54) is 6.42 Å². The fourth-order valence-corrected chi connectivity index (χ4v) is 15.7. The van der Waals surface area contributed by atoms with Crippen LogP contribution in [0.4, 0.5) is 45.8 Å². The van der Waals surface area contributed by atoms with E-state index in [1.807, 2.05) is 41.6 Å². The fraction of sp³-hybridized carbons (Fsp3) is 0.547. The van der Waals surface area contributed by atoms with Gasteiger partial charge in [-0.05, 0) is 135 Å². The third kappa shape index (κ3) is 5.94. The van der Waals surface area contributed by atoms with Gasteiger partial charge in [0, 0.05) is 74.1 Å². The molecule has 67 heavy (non-hydrogen) atoms. The number of fused-ring (bicyclic) bond motifs is 8. The van der Waals surface area contributed by atoms with Crippen LogP contribution in [-0.2, 0) is 41.7 Å². The van der Waals surface area contributed by atoms with Crippen molar-refractivity contribution in [2.24, 2.45) is 46.3 Å². The average molecular weight is 905 g/mol. The second-order valence-electron chi connectivity index (χ2n) is 21.4. The monoisotopic (exact) mass is 904 g/mol. The van der Waals surface area contributed by atoms with Crippen LogP contribution in [-0.4, -0.2) is 93.7 Å². The van der Waals surface area contributed by atoms with Gasteiger partial charge in [-0.1, -0.05) is 12.1 Å². The maximum Gasteiger partial charge on any atom is 0.234 e. The molecule has 2 amide bonds. The minimum absolute atomic E-state index is 0.0597. The van der Waals surface area contributed by atoms with Crippen molar-refractivity contribution in [3.8, 4) is 0 Å². The van der Waals surface area contributed by atoms with E-state index in [1.54, 1.807) is 0 Å². The molecule has 14 heteroatoms. The van der Waals surface area contributed by atoms with Gasteiger partial charge in [-0.25, -0.2) is 15.0 Å². The summed E-state index contributed by atoms with van der Waals surface area (Å²) in [4.78, 5) is 57.1. The lowest BCUT2D eigenvalue weighted by Crippen LogP contribution is -2.77. The molecule has 6 heterocycles. The number of carbonyl (C=O) groups is 2. The third-order valence-corrected chi connectivity index (χ3v) is 18.6. The van der Waals surface area contributed by atoms with Gasteiger partial charge in [-0.3, -0.25) is 14.4 Å². The minimum atomic E-state index is -0.360. The highest BCUT2D eigenvalue weighted by Gasteiger charge is 2.86. The van der Waals surface area contributed by atoms with Crippen LogP contribution in [0, 0.1) is 46.3 Å². The van der Waals surface area contributed by atoms with Crippen LogP contribution in [0.25, 0.3) is 0 Å². The molecule has 9 fully saturated rings. The summed E-state index contributed by atoms with van der Waals surface area (Å²) in [6, 6.07) is 21.2. The zero-order valence-corrected chi connectivity index (χ0v) is 38.4. The maximum atomic E-state index is 15.8. The summed E-state index contributed by atoms with van der Waals surface area (Å²) in [7, 11) is 1.87. The Hall–Kier alpha value is -5.28. The van der Waals surface area contributed by atoms with Gasteiger partial charge in [0.15, 0.2) is 5.82 Å². The maximum absolute atomic E-state index is 15.8. The first-order valence-corrected chi connectivity index (χ1v) is 25.1. The number of rotatable bonds is 7. The number of ether oxygens (including phenoxy) is 3. The Morgan fingerprint density at radius 3 is 2.21 bits per heavy atom. The van der Waals surface area contributed by atoms with Crippen LogP contribution in [0.15, 0.2) is 73.1 Å². The van der Waals surface area contributed by atoms with Crippen molar-refractivity contribution >= 4 is 57.6 Å². The molecule has 4 aliphatic heterocycles. The number of benzene rings is 2. The smallest absolute Gasteiger partial charge is 0.234 e. The van der Waals surface area contributed by atoms with Gasteiger partial charge in [0.25, 0.3) is 0 Å². The highest BCUT2D eigenvalue weighted by atomic mass is 16.7. The Kier molecular flexibility index (Phi) is 9.35. The van der Waals surface area contributed by atoms with Gasteiger partial charge in [0.1, 0.15) is 5.82 Å². The van der Waals surface area contributed by atoms with Crippen LogP contribution in [0.2, 0.25) is 0 Å². The van der Waals surface area contributed by atoms with Gasteiger partial charge >= 0.3 is 0 Å². The van der Waals surface area contributed by atoms with Crippen molar-refractivity contribution in [1.29, 1.82) is 0 Å². The molecular weight excluding hydrogens is 845 g/mol. The molecule has 348 valence electrons. The van der Waals surface area contributed by atoms with E-state index < -0.39 is 0 Å². The SMILES string of the molecule is CO[C@H]1C2CC3CC24C1C[C@@]4(C(=O)N1Cc2cccnc2N(OC2CC4CCC2CC4C(=O)N2Cc4cccnc4Nc4ccc(N5CCOCC5)cc42)c2ccc(N4CCOCC4)cc21)C3. The Morgan fingerprint density at radius 1 is 0.731 bits per heavy atom.